The topological polar surface area (TPSA) is 69.4 Å². The van der Waals surface area contributed by atoms with E-state index < -0.39 is 0 Å². The van der Waals surface area contributed by atoms with Crippen LogP contribution in [-0.4, -0.2) is 33.0 Å². The number of aromatic nitrogens is 1. The van der Waals surface area contributed by atoms with Crippen molar-refractivity contribution < 1.29 is 9.84 Å². The molecule has 1 aliphatic heterocycles. The van der Waals surface area contributed by atoms with Gasteiger partial charge in [0.1, 0.15) is 28.0 Å². The number of hydrogen-bond acceptors (Lipinski definition) is 5. The molecule has 0 unspecified atom stereocenters. The average Bonchev–Trinajstić information content (AvgIpc) is 2.99. The molecule has 2 heterocycles. The summed E-state index contributed by atoms with van der Waals surface area (Å²) in [5, 5.41) is 19.7. The first-order chi connectivity index (χ1) is 12.2. The first-order valence-corrected chi connectivity index (χ1v) is 9.44. The van der Waals surface area contributed by atoms with Gasteiger partial charge in [0, 0.05) is 17.0 Å². The zero-order chi connectivity index (χ0) is 19.1. The highest BCUT2D eigenvalue weighted by Crippen LogP contribution is 2.33. The molecule has 26 heavy (non-hydrogen) atoms. The van der Waals surface area contributed by atoms with Gasteiger partial charge >= 0.3 is 0 Å². The molecule has 5 nitrogen and oxygen atoms in total. The van der Waals surface area contributed by atoms with E-state index in [1.807, 2.05) is 63.8 Å². The third-order valence-corrected chi connectivity index (χ3v) is 5.26. The molecule has 2 N–H and O–H groups in total. The number of benzene rings is 1. The van der Waals surface area contributed by atoms with Crippen LogP contribution in [0.2, 0.25) is 0 Å². The average molecular weight is 372 g/mol. The first-order valence-electron chi connectivity index (χ1n) is 8.63. The lowest BCUT2D eigenvalue weighted by Crippen LogP contribution is -2.28. The van der Waals surface area contributed by atoms with E-state index in [9.17, 15) is 5.11 Å². The van der Waals surface area contributed by atoms with Crippen LogP contribution in [-0.2, 0) is 6.54 Å². The second-order valence-corrected chi connectivity index (χ2v) is 8.71. The van der Waals surface area contributed by atoms with E-state index in [2.05, 4.69) is 4.98 Å². The molecule has 3 rings (SSSR count). The van der Waals surface area contributed by atoms with E-state index in [-0.39, 0.29) is 11.4 Å². The molecule has 0 aliphatic carbocycles. The van der Waals surface area contributed by atoms with Gasteiger partial charge in [-0.3, -0.25) is 5.41 Å². The molecule has 1 aliphatic rings. The number of thiazole rings is 1. The zero-order valence-corrected chi connectivity index (χ0v) is 16.7. The summed E-state index contributed by atoms with van der Waals surface area (Å²) < 4.78 is 6.05. The summed E-state index contributed by atoms with van der Waals surface area (Å²) in [4.78, 5) is 7.46. The fraction of sp³-hybridized carbons (Fsp3) is 0.400. The van der Waals surface area contributed by atoms with Crippen molar-refractivity contribution >= 4 is 22.7 Å². The van der Waals surface area contributed by atoms with E-state index >= 15 is 0 Å². The summed E-state index contributed by atoms with van der Waals surface area (Å²) in [5.41, 5.74) is 2.18. The Balaban J connectivity index is 1.83. The molecule has 0 spiro atoms. The van der Waals surface area contributed by atoms with Gasteiger partial charge in [-0.25, -0.2) is 4.98 Å². The summed E-state index contributed by atoms with van der Waals surface area (Å²) in [5.74, 6) is 1.32. The number of aliphatic hydroxyl groups is 1. The van der Waals surface area contributed by atoms with Gasteiger partial charge < -0.3 is 14.7 Å². The Morgan fingerprint density at radius 1 is 1.27 bits per heavy atom. The first kappa shape index (κ1) is 18.5. The predicted octanol–water partition coefficient (Wildman–Crippen LogP) is 4.70. The predicted molar refractivity (Wildman–Crippen MR) is 106 cm³/mol. The molecule has 0 fully saturated rings. The van der Waals surface area contributed by atoms with E-state index in [1.54, 1.807) is 0 Å². The number of rotatable bonds is 4. The minimum absolute atomic E-state index is 0.206. The summed E-state index contributed by atoms with van der Waals surface area (Å²) in [7, 11) is 0. The number of ether oxygens (including phenoxy) is 1. The SMILES string of the molecule is Cc1nc(C2=C(O)CN(Cc3ccccc3OC(C)(C)C)C2=N)sc1C. The fourth-order valence-electron chi connectivity index (χ4n) is 2.84. The molecule has 0 amide bonds. The molecule has 0 saturated carbocycles. The van der Waals surface area contributed by atoms with Crippen molar-refractivity contribution in [3.63, 3.8) is 0 Å². The van der Waals surface area contributed by atoms with Gasteiger partial charge in [-0.05, 0) is 40.7 Å². The Hall–Kier alpha value is -2.34. The van der Waals surface area contributed by atoms with Crippen molar-refractivity contribution in [1.82, 2.24) is 9.88 Å². The van der Waals surface area contributed by atoms with E-state index in [0.29, 0.717) is 29.5 Å². The largest absolute Gasteiger partial charge is 0.510 e. The molecule has 2 aromatic rings. The minimum Gasteiger partial charge on any atom is -0.510 e. The molecule has 6 heteroatoms. The lowest BCUT2D eigenvalue weighted by atomic mass is 10.1. The van der Waals surface area contributed by atoms with Gasteiger partial charge in [0.2, 0.25) is 0 Å². The second kappa shape index (κ2) is 6.76. The van der Waals surface area contributed by atoms with E-state index in [1.165, 1.54) is 11.3 Å². The highest BCUT2D eigenvalue weighted by Gasteiger charge is 2.31. The van der Waals surface area contributed by atoms with Gasteiger partial charge in [-0.2, -0.15) is 0 Å². The van der Waals surface area contributed by atoms with Crippen LogP contribution in [0.25, 0.3) is 5.57 Å². The maximum Gasteiger partial charge on any atom is 0.135 e. The Kier molecular flexibility index (Phi) is 4.80. The zero-order valence-electron chi connectivity index (χ0n) is 15.9. The number of hydrogen-bond donors (Lipinski definition) is 2. The van der Waals surface area contributed by atoms with Gasteiger partial charge in [0.05, 0.1) is 17.8 Å². The van der Waals surface area contributed by atoms with Crippen molar-refractivity contribution in [3.8, 4) is 5.75 Å². The van der Waals surface area contributed by atoms with Crippen LogP contribution in [0, 0.1) is 19.3 Å². The molecule has 0 atom stereocenters. The van der Waals surface area contributed by atoms with Crippen LogP contribution in [0.1, 0.15) is 41.9 Å². The maximum absolute atomic E-state index is 10.4. The van der Waals surface area contributed by atoms with E-state index in [0.717, 1.165) is 21.9 Å². The number of aliphatic hydroxyl groups excluding tert-OH is 1. The molecule has 0 bridgehead atoms. The quantitative estimate of drug-likeness (QED) is 0.817. The normalized spacial score (nSPS) is 15.1. The Morgan fingerprint density at radius 2 is 1.96 bits per heavy atom. The lowest BCUT2D eigenvalue weighted by molar-refractivity contribution is 0.128. The number of aryl methyl sites for hydroxylation is 2. The van der Waals surface area contributed by atoms with Gasteiger partial charge in [0.15, 0.2) is 0 Å². The van der Waals surface area contributed by atoms with Crippen molar-refractivity contribution in [2.75, 3.05) is 6.54 Å². The molecule has 1 aromatic carbocycles. The van der Waals surface area contributed by atoms with Gasteiger partial charge in [-0.15, -0.1) is 11.3 Å². The van der Waals surface area contributed by atoms with Gasteiger partial charge in [-0.1, -0.05) is 18.2 Å². The Bertz CT molecular complexity index is 858. The Morgan fingerprint density at radius 3 is 2.58 bits per heavy atom. The van der Waals surface area contributed by atoms with Crippen LogP contribution < -0.4 is 4.74 Å². The molecule has 0 radical (unpaired) electrons. The smallest absolute Gasteiger partial charge is 0.135 e. The summed E-state index contributed by atoms with van der Waals surface area (Å²) in [6.45, 7) is 10.8. The number of nitrogens with zero attached hydrogens (tertiary/aromatic N) is 2. The van der Waals surface area contributed by atoms with Crippen LogP contribution in [0.5, 0.6) is 5.75 Å². The summed E-state index contributed by atoms with van der Waals surface area (Å²) >= 11 is 1.52. The third-order valence-electron chi connectivity index (χ3n) is 4.17. The summed E-state index contributed by atoms with van der Waals surface area (Å²) in [6, 6.07) is 7.86. The van der Waals surface area contributed by atoms with Crippen LogP contribution >= 0.6 is 11.3 Å². The van der Waals surface area contributed by atoms with Crippen LogP contribution in [0.15, 0.2) is 30.0 Å². The molecular formula is C20H25N3O2S. The minimum atomic E-state index is -0.296. The van der Waals surface area contributed by atoms with E-state index in [4.69, 9.17) is 10.1 Å². The number of para-hydroxylation sites is 1. The lowest BCUT2D eigenvalue weighted by Gasteiger charge is -2.25. The number of nitrogens with one attached hydrogen (secondary N) is 1. The third kappa shape index (κ3) is 3.75. The monoisotopic (exact) mass is 371 g/mol. The second-order valence-electron chi connectivity index (χ2n) is 7.51. The van der Waals surface area contributed by atoms with Crippen molar-refractivity contribution in [1.29, 1.82) is 5.41 Å². The molecule has 138 valence electrons. The highest BCUT2D eigenvalue weighted by atomic mass is 32.1. The van der Waals surface area contributed by atoms with Crippen molar-refractivity contribution in [2.45, 2.75) is 46.8 Å². The van der Waals surface area contributed by atoms with Crippen LogP contribution in [0.3, 0.4) is 0 Å². The standard InChI is InChI=1S/C20H25N3O2S/c1-12-13(2)26-19(22-12)17-15(24)11-23(18(17)21)10-14-8-6-7-9-16(14)25-20(3,4)5/h6-9,21,24H,10-11H2,1-5H3. The Labute approximate surface area is 158 Å². The molecular weight excluding hydrogens is 346 g/mol. The fourth-order valence-corrected chi connectivity index (χ4v) is 3.83. The van der Waals surface area contributed by atoms with Crippen molar-refractivity contribution in [2.24, 2.45) is 0 Å². The molecule has 1 aromatic heterocycles. The maximum atomic E-state index is 10.4. The van der Waals surface area contributed by atoms with Crippen molar-refractivity contribution in [3.05, 3.63) is 51.2 Å². The van der Waals surface area contributed by atoms with Gasteiger partial charge in [0.25, 0.3) is 0 Å². The summed E-state index contributed by atoms with van der Waals surface area (Å²) in [6.07, 6.45) is 0. The molecule has 0 saturated heterocycles. The highest BCUT2D eigenvalue weighted by molar-refractivity contribution is 7.13. The van der Waals surface area contributed by atoms with Crippen LogP contribution in [0.4, 0.5) is 0 Å². The number of amidine groups is 1.